The van der Waals surface area contributed by atoms with Crippen LogP contribution in [0.2, 0.25) is 0 Å². The van der Waals surface area contributed by atoms with E-state index < -0.39 is 11.7 Å². The molecule has 0 radical (unpaired) electrons. The number of nitrogens with one attached hydrogen (secondary N) is 1. The lowest BCUT2D eigenvalue weighted by molar-refractivity contribution is -0.137. The molecule has 1 aromatic carbocycles. The first-order chi connectivity index (χ1) is 13.2. The van der Waals surface area contributed by atoms with Crippen LogP contribution < -0.4 is 5.32 Å². The Labute approximate surface area is 158 Å². The van der Waals surface area contributed by atoms with E-state index in [-0.39, 0.29) is 29.8 Å². The number of carbonyl (C=O) groups is 1. The summed E-state index contributed by atoms with van der Waals surface area (Å²) in [7, 11) is 0. The minimum Gasteiger partial charge on any atom is -0.311 e. The second-order valence-corrected chi connectivity index (χ2v) is 6.16. The summed E-state index contributed by atoms with van der Waals surface area (Å²) in [4.78, 5) is 16.0. The van der Waals surface area contributed by atoms with E-state index in [0.717, 1.165) is 6.07 Å². The van der Waals surface area contributed by atoms with Crippen LogP contribution in [0.25, 0.3) is 5.82 Å². The minimum absolute atomic E-state index is 0.105. The highest BCUT2D eigenvalue weighted by Crippen LogP contribution is 2.29. The molecular formula is C19H16F4N4O. The largest absolute Gasteiger partial charge is 0.417 e. The van der Waals surface area contributed by atoms with Crippen LogP contribution in [0.1, 0.15) is 23.2 Å². The quantitative estimate of drug-likeness (QED) is 0.659. The van der Waals surface area contributed by atoms with Gasteiger partial charge in [-0.3, -0.25) is 4.79 Å². The number of hydrogen-bond donors (Lipinski definition) is 1. The summed E-state index contributed by atoms with van der Waals surface area (Å²) in [5, 5.41) is 6.83. The van der Waals surface area contributed by atoms with Crippen LogP contribution >= 0.6 is 0 Å². The van der Waals surface area contributed by atoms with E-state index in [1.165, 1.54) is 22.9 Å². The Morgan fingerprint density at radius 1 is 1.18 bits per heavy atom. The number of anilines is 1. The maximum Gasteiger partial charge on any atom is 0.417 e. The summed E-state index contributed by atoms with van der Waals surface area (Å²) in [6, 6.07) is 9.62. The lowest BCUT2D eigenvalue weighted by atomic mass is 10.1. The topological polar surface area (TPSA) is 59.8 Å². The van der Waals surface area contributed by atoms with Crippen molar-refractivity contribution in [2.75, 3.05) is 5.32 Å². The lowest BCUT2D eigenvalue weighted by Crippen LogP contribution is -2.16. The number of halogens is 4. The Morgan fingerprint density at radius 3 is 2.61 bits per heavy atom. The van der Waals surface area contributed by atoms with Gasteiger partial charge in [-0.25, -0.2) is 9.37 Å². The molecule has 5 nitrogen and oxygen atoms in total. The first-order valence-electron chi connectivity index (χ1n) is 8.37. The molecule has 0 aliphatic carbocycles. The molecule has 0 spiro atoms. The average Bonchev–Trinajstić information content (AvgIpc) is 2.99. The Kier molecular flexibility index (Phi) is 5.43. The van der Waals surface area contributed by atoms with Crippen LogP contribution in [0.5, 0.6) is 0 Å². The molecule has 0 saturated carbocycles. The number of aromatic nitrogens is 3. The number of amides is 1. The third-order valence-electron chi connectivity index (χ3n) is 3.92. The van der Waals surface area contributed by atoms with Crippen LogP contribution in [-0.2, 0) is 17.4 Å². The number of rotatable bonds is 5. The molecule has 2 aromatic heterocycles. The van der Waals surface area contributed by atoms with Crippen LogP contribution in [-0.4, -0.2) is 20.7 Å². The molecule has 28 heavy (non-hydrogen) atoms. The molecule has 3 aromatic rings. The standard InChI is InChI=1S/C19H16F4N4O/c1-12-9-17(25-18(28)8-5-13-3-2-4-15(20)10-13)27(26-12)16-7-6-14(11-24-16)19(21,22)23/h2-4,6-7,9-11H,5,8H2,1H3,(H,25,28). The van der Waals surface area contributed by atoms with Gasteiger partial charge in [0, 0.05) is 18.7 Å². The van der Waals surface area contributed by atoms with Crippen molar-refractivity contribution in [3.8, 4) is 5.82 Å². The van der Waals surface area contributed by atoms with Gasteiger partial charge in [-0.2, -0.15) is 23.0 Å². The summed E-state index contributed by atoms with van der Waals surface area (Å²) in [6.07, 6.45) is -3.33. The maximum absolute atomic E-state index is 13.2. The van der Waals surface area contributed by atoms with E-state index in [1.54, 1.807) is 25.1 Å². The van der Waals surface area contributed by atoms with Crippen molar-refractivity contribution in [3.63, 3.8) is 0 Å². The highest BCUT2D eigenvalue weighted by atomic mass is 19.4. The number of nitrogens with zero attached hydrogens (tertiary/aromatic N) is 3. The van der Waals surface area contributed by atoms with Crippen molar-refractivity contribution in [2.24, 2.45) is 0 Å². The SMILES string of the molecule is Cc1cc(NC(=O)CCc2cccc(F)c2)n(-c2ccc(C(F)(F)F)cn2)n1. The Balaban J connectivity index is 1.72. The fourth-order valence-corrected chi connectivity index (χ4v) is 2.60. The molecule has 146 valence electrons. The van der Waals surface area contributed by atoms with Crippen LogP contribution in [0.3, 0.4) is 0 Å². The smallest absolute Gasteiger partial charge is 0.311 e. The molecule has 0 unspecified atom stereocenters. The van der Waals surface area contributed by atoms with Crippen molar-refractivity contribution in [2.45, 2.75) is 25.9 Å². The fourth-order valence-electron chi connectivity index (χ4n) is 2.60. The van der Waals surface area contributed by atoms with Gasteiger partial charge in [0.1, 0.15) is 11.6 Å². The van der Waals surface area contributed by atoms with E-state index in [0.29, 0.717) is 23.9 Å². The molecule has 0 saturated heterocycles. The molecule has 0 atom stereocenters. The van der Waals surface area contributed by atoms with Crippen molar-refractivity contribution in [1.82, 2.24) is 14.8 Å². The summed E-state index contributed by atoms with van der Waals surface area (Å²) in [6.45, 7) is 1.68. The average molecular weight is 392 g/mol. The number of carbonyl (C=O) groups excluding carboxylic acids is 1. The van der Waals surface area contributed by atoms with Crippen LogP contribution in [0.4, 0.5) is 23.4 Å². The zero-order chi connectivity index (χ0) is 20.3. The van der Waals surface area contributed by atoms with Crippen molar-refractivity contribution < 1.29 is 22.4 Å². The number of alkyl halides is 3. The number of pyridine rings is 1. The molecule has 0 aliphatic heterocycles. The van der Waals surface area contributed by atoms with E-state index in [1.807, 2.05) is 0 Å². The lowest BCUT2D eigenvalue weighted by Gasteiger charge is -2.10. The third-order valence-corrected chi connectivity index (χ3v) is 3.92. The molecule has 0 aliphatic rings. The minimum atomic E-state index is -4.49. The highest BCUT2D eigenvalue weighted by Gasteiger charge is 2.30. The molecule has 0 fully saturated rings. The summed E-state index contributed by atoms with van der Waals surface area (Å²) in [5.41, 5.74) is 0.368. The summed E-state index contributed by atoms with van der Waals surface area (Å²) in [5.74, 6) is -0.284. The number of aryl methyl sites for hydroxylation is 2. The fraction of sp³-hybridized carbons (Fsp3) is 0.211. The molecule has 0 bridgehead atoms. The van der Waals surface area contributed by atoms with Crippen molar-refractivity contribution in [1.29, 1.82) is 0 Å². The van der Waals surface area contributed by atoms with Gasteiger partial charge in [0.15, 0.2) is 5.82 Å². The predicted molar refractivity (Wildman–Crippen MR) is 94.4 cm³/mol. The van der Waals surface area contributed by atoms with Crippen molar-refractivity contribution >= 4 is 11.7 Å². The molecular weight excluding hydrogens is 376 g/mol. The van der Waals surface area contributed by atoms with E-state index in [9.17, 15) is 22.4 Å². The number of benzene rings is 1. The zero-order valence-electron chi connectivity index (χ0n) is 14.8. The molecule has 3 rings (SSSR count). The first-order valence-corrected chi connectivity index (χ1v) is 8.37. The van der Waals surface area contributed by atoms with Crippen LogP contribution in [0, 0.1) is 12.7 Å². The van der Waals surface area contributed by atoms with E-state index in [4.69, 9.17) is 0 Å². The highest BCUT2D eigenvalue weighted by molar-refractivity contribution is 5.90. The van der Waals surface area contributed by atoms with Gasteiger partial charge in [-0.1, -0.05) is 12.1 Å². The van der Waals surface area contributed by atoms with Gasteiger partial charge in [0.2, 0.25) is 5.91 Å². The Morgan fingerprint density at radius 2 is 1.96 bits per heavy atom. The second kappa shape index (κ2) is 7.79. The van der Waals surface area contributed by atoms with Gasteiger partial charge < -0.3 is 5.32 Å². The van der Waals surface area contributed by atoms with Crippen molar-refractivity contribution in [3.05, 3.63) is 71.3 Å². The second-order valence-electron chi connectivity index (χ2n) is 6.16. The Bertz CT molecular complexity index is 980. The summed E-state index contributed by atoms with van der Waals surface area (Å²) >= 11 is 0. The van der Waals surface area contributed by atoms with Gasteiger partial charge in [0.05, 0.1) is 11.3 Å². The molecule has 1 N–H and O–H groups in total. The zero-order valence-corrected chi connectivity index (χ0v) is 14.8. The molecule has 9 heteroatoms. The van der Waals surface area contributed by atoms with Gasteiger partial charge in [-0.15, -0.1) is 0 Å². The van der Waals surface area contributed by atoms with E-state index in [2.05, 4.69) is 15.4 Å². The van der Waals surface area contributed by atoms with Gasteiger partial charge in [0.25, 0.3) is 0 Å². The van der Waals surface area contributed by atoms with Crippen LogP contribution in [0.15, 0.2) is 48.7 Å². The number of hydrogen-bond acceptors (Lipinski definition) is 3. The van der Waals surface area contributed by atoms with E-state index >= 15 is 0 Å². The van der Waals surface area contributed by atoms with Gasteiger partial charge >= 0.3 is 6.18 Å². The maximum atomic E-state index is 13.2. The summed E-state index contributed by atoms with van der Waals surface area (Å²) < 4.78 is 52.5. The predicted octanol–water partition coefficient (Wildman–Crippen LogP) is 4.30. The monoisotopic (exact) mass is 392 g/mol. The molecule has 1 amide bonds. The Hall–Kier alpha value is -3.23. The molecule has 2 heterocycles. The first kappa shape index (κ1) is 19.5. The third kappa shape index (κ3) is 4.73. The van der Waals surface area contributed by atoms with Gasteiger partial charge in [-0.05, 0) is 43.2 Å². The normalized spacial score (nSPS) is 11.5.